The van der Waals surface area contributed by atoms with Crippen molar-refractivity contribution >= 4 is 45.8 Å². The third kappa shape index (κ3) is 4.04. The van der Waals surface area contributed by atoms with Crippen molar-refractivity contribution in [2.75, 3.05) is 5.32 Å². The number of hydrogen-bond donors (Lipinski definition) is 2. The van der Waals surface area contributed by atoms with Crippen molar-refractivity contribution in [1.82, 2.24) is 14.5 Å². The van der Waals surface area contributed by atoms with E-state index in [0.717, 1.165) is 5.56 Å². The standard InChI is InChI=1S/C23H18Cl2N4O3/c1-12(26-17-8-9-18(25)27-20(17)23(31)32)15-10-14(24)11-16-19(15)28-21(29(2)22(16)30)13-6-4-3-5-7-13/h3-12,26H,1-2H3,(H,31,32). The van der Waals surface area contributed by atoms with Crippen LogP contribution in [0.3, 0.4) is 0 Å². The summed E-state index contributed by atoms with van der Waals surface area (Å²) in [5, 5.41) is 13.4. The molecule has 4 aromatic rings. The molecule has 0 aliphatic carbocycles. The number of carbonyl (C=O) groups is 1. The van der Waals surface area contributed by atoms with E-state index in [-0.39, 0.29) is 22.1 Å². The number of nitrogens with zero attached hydrogens (tertiary/aromatic N) is 3. The number of fused-ring (bicyclic) bond motifs is 1. The molecule has 2 aromatic carbocycles. The number of rotatable bonds is 5. The predicted octanol–water partition coefficient (Wildman–Crippen LogP) is 5.17. The first kappa shape index (κ1) is 21.8. The Hall–Kier alpha value is -3.42. The van der Waals surface area contributed by atoms with Crippen LogP contribution in [0.4, 0.5) is 5.69 Å². The van der Waals surface area contributed by atoms with Gasteiger partial charge in [-0.25, -0.2) is 14.8 Å². The molecular formula is C23H18Cl2N4O3. The second kappa shape index (κ2) is 8.61. The Kier molecular flexibility index (Phi) is 5.86. The van der Waals surface area contributed by atoms with Crippen LogP contribution in [0.15, 0.2) is 59.4 Å². The van der Waals surface area contributed by atoms with Crippen LogP contribution in [-0.4, -0.2) is 25.6 Å². The smallest absolute Gasteiger partial charge is 0.356 e. The summed E-state index contributed by atoms with van der Waals surface area (Å²) in [7, 11) is 1.66. The molecular weight excluding hydrogens is 451 g/mol. The van der Waals surface area contributed by atoms with Gasteiger partial charge in [0.05, 0.1) is 22.6 Å². The van der Waals surface area contributed by atoms with Crippen LogP contribution in [0.1, 0.15) is 29.0 Å². The molecule has 2 aromatic heterocycles. The third-order valence-electron chi connectivity index (χ3n) is 5.11. The van der Waals surface area contributed by atoms with Crippen molar-refractivity contribution < 1.29 is 9.90 Å². The van der Waals surface area contributed by atoms with E-state index >= 15 is 0 Å². The lowest BCUT2D eigenvalue weighted by molar-refractivity contribution is 0.0691. The maximum atomic E-state index is 13.1. The number of nitrogens with one attached hydrogen (secondary N) is 1. The maximum absolute atomic E-state index is 13.1. The van der Waals surface area contributed by atoms with Crippen LogP contribution in [0, 0.1) is 0 Å². The van der Waals surface area contributed by atoms with Gasteiger partial charge < -0.3 is 10.4 Å². The highest BCUT2D eigenvalue weighted by atomic mass is 35.5. The predicted molar refractivity (Wildman–Crippen MR) is 126 cm³/mol. The normalized spacial score (nSPS) is 12.0. The summed E-state index contributed by atoms with van der Waals surface area (Å²) in [4.78, 5) is 33.4. The van der Waals surface area contributed by atoms with E-state index in [2.05, 4.69) is 10.3 Å². The van der Waals surface area contributed by atoms with Crippen molar-refractivity contribution in [3.63, 3.8) is 0 Å². The zero-order chi connectivity index (χ0) is 23.0. The minimum atomic E-state index is -1.21. The zero-order valence-corrected chi connectivity index (χ0v) is 18.6. The zero-order valence-electron chi connectivity index (χ0n) is 17.1. The molecule has 0 fully saturated rings. The Morgan fingerprint density at radius 2 is 1.81 bits per heavy atom. The summed E-state index contributed by atoms with van der Waals surface area (Å²) in [5.74, 6) is -0.699. The second-order valence-electron chi connectivity index (χ2n) is 7.26. The van der Waals surface area contributed by atoms with E-state index in [9.17, 15) is 14.7 Å². The molecule has 4 rings (SSSR count). The average Bonchev–Trinajstić information content (AvgIpc) is 2.77. The number of halogens is 2. The largest absolute Gasteiger partial charge is 0.476 e. The van der Waals surface area contributed by atoms with Crippen LogP contribution >= 0.6 is 23.2 Å². The number of pyridine rings is 1. The summed E-state index contributed by atoms with van der Waals surface area (Å²) < 4.78 is 1.49. The third-order valence-corrected chi connectivity index (χ3v) is 5.54. The van der Waals surface area contributed by atoms with Gasteiger partial charge in [0.15, 0.2) is 5.69 Å². The molecule has 9 heteroatoms. The highest BCUT2D eigenvalue weighted by Crippen LogP contribution is 2.30. The molecule has 1 unspecified atom stereocenters. The van der Waals surface area contributed by atoms with E-state index in [1.807, 2.05) is 37.3 Å². The topological polar surface area (TPSA) is 97.1 Å². The van der Waals surface area contributed by atoms with Crippen molar-refractivity contribution in [3.05, 3.63) is 86.4 Å². The molecule has 32 heavy (non-hydrogen) atoms. The summed E-state index contributed by atoms with van der Waals surface area (Å²) in [6, 6.07) is 15.3. The van der Waals surface area contributed by atoms with E-state index < -0.39 is 12.0 Å². The van der Waals surface area contributed by atoms with E-state index in [0.29, 0.717) is 27.3 Å². The van der Waals surface area contributed by atoms with Crippen molar-refractivity contribution in [1.29, 1.82) is 0 Å². The van der Waals surface area contributed by atoms with E-state index in [4.69, 9.17) is 28.2 Å². The molecule has 1 atom stereocenters. The molecule has 0 bridgehead atoms. The minimum absolute atomic E-state index is 0.0754. The lowest BCUT2D eigenvalue weighted by atomic mass is 10.0. The number of hydrogen-bond acceptors (Lipinski definition) is 5. The lowest BCUT2D eigenvalue weighted by Gasteiger charge is -2.20. The molecule has 2 heterocycles. The summed E-state index contributed by atoms with van der Waals surface area (Å²) in [6.07, 6.45) is 0. The number of anilines is 1. The van der Waals surface area contributed by atoms with Crippen molar-refractivity contribution in [2.45, 2.75) is 13.0 Å². The van der Waals surface area contributed by atoms with Gasteiger partial charge in [0.1, 0.15) is 11.0 Å². The van der Waals surface area contributed by atoms with Crippen LogP contribution in [0.25, 0.3) is 22.3 Å². The van der Waals surface area contributed by atoms with Gasteiger partial charge in [-0.15, -0.1) is 0 Å². The fraction of sp³-hybridized carbons (Fsp3) is 0.130. The minimum Gasteiger partial charge on any atom is -0.476 e. The fourth-order valence-electron chi connectivity index (χ4n) is 3.57. The number of carboxylic acid groups (broad SMARTS) is 1. The lowest BCUT2D eigenvalue weighted by Crippen LogP contribution is -2.21. The van der Waals surface area contributed by atoms with Gasteiger partial charge >= 0.3 is 5.97 Å². The van der Waals surface area contributed by atoms with Gasteiger partial charge in [0.2, 0.25) is 0 Å². The van der Waals surface area contributed by atoms with Gasteiger partial charge in [-0.1, -0.05) is 53.5 Å². The van der Waals surface area contributed by atoms with E-state index in [1.165, 1.54) is 10.6 Å². The van der Waals surface area contributed by atoms with Crippen LogP contribution in [0.5, 0.6) is 0 Å². The van der Waals surface area contributed by atoms with Gasteiger partial charge in [-0.2, -0.15) is 0 Å². The Balaban J connectivity index is 1.88. The molecule has 162 valence electrons. The Morgan fingerprint density at radius 1 is 1.09 bits per heavy atom. The first-order valence-electron chi connectivity index (χ1n) is 9.68. The first-order valence-corrected chi connectivity index (χ1v) is 10.4. The number of benzene rings is 2. The van der Waals surface area contributed by atoms with Gasteiger partial charge in [0.25, 0.3) is 5.56 Å². The summed E-state index contributed by atoms with van der Waals surface area (Å²) >= 11 is 12.2. The first-order chi connectivity index (χ1) is 15.3. The molecule has 0 aliphatic rings. The molecule has 0 saturated carbocycles. The van der Waals surface area contributed by atoms with Gasteiger partial charge in [0, 0.05) is 23.2 Å². The average molecular weight is 469 g/mol. The van der Waals surface area contributed by atoms with Crippen LogP contribution < -0.4 is 10.9 Å². The molecule has 7 nitrogen and oxygen atoms in total. The van der Waals surface area contributed by atoms with Gasteiger partial charge in [-0.3, -0.25) is 9.36 Å². The molecule has 0 radical (unpaired) electrons. The number of aromatic nitrogens is 3. The molecule has 0 saturated heterocycles. The van der Waals surface area contributed by atoms with Gasteiger partial charge in [-0.05, 0) is 31.2 Å². The van der Waals surface area contributed by atoms with Crippen molar-refractivity contribution in [2.24, 2.45) is 7.05 Å². The van der Waals surface area contributed by atoms with Crippen molar-refractivity contribution in [3.8, 4) is 11.4 Å². The highest BCUT2D eigenvalue weighted by Gasteiger charge is 2.20. The Bertz CT molecular complexity index is 1400. The SMILES string of the molecule is CC(Nc1ccc(Cl)nc1C(=O)O)c1cc(Cl)cc2c(=O)n(C)c(-c3ccccc3)nc12. The molecule has 0 amide bonds. The summed E-state index contributed by atoms with van der Waals surface area (Å²) in [5.41, 5.74) is 1.78. The molecule has 0 aliphatic heterocycles. The highest BCUT2D eigenvalue weighted by molar-refractivity contribution is 6.31. The van der Waals surface area contributed by atoms with Crippen LogP contribution in [0.2, 0.25) is 10.2 Å². The molecule has 2 N–H and O–H groups in total. The number of carboxylic acids is 1. The Labute approximate surface area is 193 Å². The fourth-order valence-corrected chi connectivity index (χ4v) is 3.94. The second-order valence-corrected chi connectivity index (χ2v) is 8.08. The summed E-state index contributed by atoms with van der Waals surface area (Å²) in [6.45, 7) is 1.83. The number of aromatic carboxylic acids is 1. The van der Waals surface area contributed by atoms with E-state index in [1.54, 1.807) is 25.2 Å². The Morgan fingerprint density at radius 3 is 2.50 bits per heavy atom. The quantitative estimate of drug-likeness (QED) is 0.392. The molecule has 0 spiro atoms. The van der Waals surface area contributed by atoms with Crippen LogP contribution in [-0.2, 0) is 7.05 Å². The maximum Gasteiger partial charge on any atom is 0.356 e. The monoisotopic (exact) mass is 468 g/mol.